The van der Waals surface area contributed by atoms with E-state index in [0.29, 0.717) is 6.42 Å². The van der Waals surface area contributed by atoms with Crippen LogP contribution in [0.4, 0.5) is 5.69 Å². The van der Waals surface area contributed by atoms with Gasteiger partial charge in [-0.05, 0) is 24.6 Å². The Morgan fingerprint density at radius 2 is 1.54 bits per heavy atom. The fraction of sp³-hybridized carbons (Fsp3) is 0.381. The molecule has 1 fully saturated rings. The molecule has 0 saturated carbocycles. The molecule has 1 aliphatic heterocycles. The predicted octanol–water partition coefficient (Wildman–Crippen LogP) is 4.28. The molecule has 128 valence electrons. The highest BCUT2D eigenvalue weighted by Gasteiger charge is 2.12. The highest BCUT2D eigenvalue weighted by molar-refractivity contribution is 5.97. The molecule has 0 radical (unpaired) electrons. The number of carbonyl (C=O) groups is 1. The molecule has 2 aromatic rings. The van der Waals surface area contributed by atoms with Crippen LogP contribution in [0.3, 0.4) is 0 Å². The molecule has 3 heteroatoms. The van der Waals surface area contributed by atoms with E-state index in [4.69, 9.17) is 4.74 Å². The first-order valence-electron chi connectivity index (χ1n) is 8.74. The van der Waals surface area contributed by atoms with Gasteiger partial charge in [0.1, 0.15) is 0 Å². The van der Waals surface area contributed by atoms with Crippen LogP contribution in [-0.2, 0) is 11.2 Å². The molecule has 0 N–H and O–H groups in total. The Hall–Kier alpha value is -2.13. The Balaban J connectivity index is 0.00000100. The number of benzene rings is 2. The molecular formula is C21H27NO2. The first kappa shape index (κ1) is 18.2. The van der Waals surface area contributed by atoms with Gasteiger partial charge in [0.15, 0.2) is 5.78 Å². The maximum atomic E-state index is 12.3. The van der Waals surface area contributed by atoms with E-state index in [0.717, 1.165) is 37.4 Å². The van der Waals surface area contributed by atoms with E-state index in [-0.39, 0.29) is 5.78 Å². The van der Waals surface area contributed by atoms with Crippen LogP contribution in [0.1, 0.15) is 35.3 Å². The molecular weight excluding hydrogens is 298 g/mol. The van der Waals surface area contributed by atoms with Crippen molar-refractivity contribution in [3.8, 4) is 0 Å². The van der Waals surface area contributed by atoms with Crippen LogP contribution >= 0.6 is 0 Å². The molecule has 24 heavy (non-hydrogen) atoms. The third-order valence-electron chi connectivity index (χ3n) is 4.05. The number of aryl methyl sites for hydroxylation is 1. The largest absolute Gasteiger partial charge is 0.378 e. The van der Waals surface area contributed by atoms with Gasteiger partial charge in [0.25, 0.3) is 0 Å². The summed E-state index contributed by atoms with van der Waals surface area (Å²) in [5.74, 6) is 0.166. The van der Waals surface area contributed by atoms with Crippen LogP contribution < -0.4 is 4.90 Å². The highest BCUT2D eigenvalue weighted by Crippen LogP contribution is 2.18. The Bertz CT molecular complexity index is 626. The zero-order chi connectivity index (χ0) is 17.4. The molecule has 1 aliphatic rings. The summed E-state index contributed by atoms with van der Waals surface area (Å²) in [5, 5.41) is 0. The number of rotatable bonds is 4. The van der Waals surface area contributed by atoms with Crippen LogP contribution in [0.5, 0.6) is 0 Å². The Morgan fingerprint density at radius 1 is 0.958 bits per heavy atom. The molecule has 0 unspecified atom stereocenters. The third-order valence-corrected chi connectivity index (χ3v) is 4.05. The lowest BCUT2D eigenvalue weighted by atomic mass is 10.0. The molecule has 0 spiro atoms. The van der Waals surface area contributed by atoms with Crippen molar-refractivity contribution >= 4 is 11.5 Å². The topological polar surface area (TPSA) is 29.5 Å². The van der Waals surface area contributed by atoms with Crippen molar-refractivity contribution in [2.45, 2.75) is 27.2 Å². The molecule has 3 nitrogen and oxygen atoms in total. The van der Waals surface area contributed by atoms with Crippen LogP contribution in [0, 0.1) is 6.92 Å². The standard InChI is InChI=1S/C19H21NO2.C2H6/c1-15-2-6-17(7-3-15)19(21)14-16-4-8-18(9-5-16)20-10-12-22-13-11-20;1-2/h2-9H,10-14H2,1H3;1-2H3. The van der Waals surface area contributed by atoms with Crippen molar-refractivity contribution in [3.63, 3.8) is 0 Å². The fourth-order valence-corrected chi connectivity index (χ4v) is 2.67. The van der Waals surface area contributed by atoms with E-state index in [2.05, 4.69) is 29.2 Å². The molecule has 3 rings (SSSR count). The van der Waals surface area contributed by atoms with Crippen molar-refractivity contribution in [2.24, 2.45) is 0 Å². The molecule has 0 aromatic heterocycles. The lowest BCUT2D eigenvalue weighted by Crippen LogP contribution is -2.36. The Morgan fingerprint density at radius 3 is 2.12 bits per heavy atom. The van der Waals surface area contributed by atoms with E-state index in [1.54, 1.807) is 0 Å². The summed E-state index contributed by atoms with van der Waals surface area (Å²) in [6.07, 6.45) is 0.451. The maximum absolute atomic E-state index is 12.3. The van der Waals surface area contributed by atoms with E-state index < -0.39 is 0 Å². The van der Waals surface area contributed by atoms with Crippen LogP contribution in [0.15, 0.2) is 48.5 Å². The van der Waals surface area contributed by atoms with Gasteiger partial charge >= 0.3 is 0 Å². The molecule has 0 atom stereocenters. The molecule has 1 saturated heterocycles. The minimum atomic E-state index is 0.166. The Labute approximate surface area is 145 Å². The highest BCUT2D eigenvalue weighted by atomic mass is 16.5. The summed E-state index contributed by atoms with van der Waals surface area (Å²) < 4.78 is 5.37. The van der Waals surface area contributed by atoms with E-state index in [9.17, 15) is 4.79 Å². The van der Waals surface area contributed by atoms with Crippen molar-refractivity contribution in [2.75, 3.05) is 31.2 Å². The predicted molar refractivity (Wildman–Crippen MR) is 100 cm³/mol. The van der Waals surface area contributed by atoms with Gasteiger partial charge in [0.2, 0.25) is 0 Å². The van der Waals surface area contributed by atoms with E-state index >= 15 is 0 Å². The second-order valence-electron chi connectivity index (χ2n) is 5.73. The number of anilines is 1. The molecule has 1 heterocycles. The second kappa shape index (κ2) is 9.24. The van der Waals surface area contributed by atoms with Crippen LogP contribution in [-0.4, -0.2) is 32.1 Å². The lowest BCUT2D eigenvalue weighted by Gasteiger charge is -2.28. The van der Waals surface area contributed by atoms with Gasteiger partial charge in [0.05, 0.1) is 13.2 Å². The first-order chi connectivity index (χ1) is 11.7. The minimum Gasteiger partial charge on any atom is -0.378 e. The van der Waals surface area contributed by atoms with Gasteiger partial charge in [0, 0.05) is 30.8 Å². The molecule has 2 aromatic carbocycles. The second-order valence-corrected chi connectivity index (χ2v) is 5.73. The number of hydrogen-bond donors (Lipinski definition) is 0. The average molecular weight is 325 g/mol. The fourth-order valence-electron chi connectivity index (χ4n) is 2.67. The monoisotopic (exact) mass is 325 g/mol. The average Bonchev–Trinajstić information content (AvgIpc) is 2.65. The zero-order valence-electron chi connectivity index (χ0n) is 14.9. The van der Waals surface area contributed by atoms with E-state index in [1.807, 2.05) is 45.0 Å². The van der Waals surface area contributed by atoms with Gasteiger partial charge in [-0.1, -0.05) is 55.8 Å². The number of morpholine rings is 1. The van der Waals surface area contributed by atoms with Gasteiger partial charge in [-0.25, -0.2) is 0 Å². The van der Waals surface area contributed by atoms with Gasteiger partial charge in [-0.2, -0.15) is 0 Å². The summed E-state index contributed by atoms with van der Waals surface area (Å²) >= 11 is 0. The quantitative estimate of drug-likeness (QED) is 0.786. The van der Waals surface area contributed by atoms with Gasteiger partial charge in [-0.3, -0.25) is 4.79 Å². The summed E-state index contributed by atoms with van der Waals surface area (Å²) in [6, 6.07) is 16.1. The summed E-state index contributed by atoms with van der Waals surface area (Å²) in [6.45, 7) is 9.46. The minimum absolute atomic E-state index is 0.166. The number of hydrogen-bond acceptors (Lipinski definition) is 3. The first-order valence-corrected chi connectivity index (χ1v) is 8.74. The van der Waals surface area contributed by atoms with E-state index in [1.165, 1.54) is 11.3 Å². The van der Waals surface area contributed by atoms with Crippen molar-refractivity contribution in [1.29, 1.82) is 0 Å². The zero-order valence-corrected chi connectivity index (χ0v) is 14.9. The maximum Gasteiger partial charge on any atom is 0.167 e. The van der Waals surface area contributed by atoms with Crippen LogP contribution in [0.25, 0.3) is 0 Å². The smallest absolute Gasteiger partial charge is 0.167 e. The van der Waals surface area contributed by atoms with Crippen molar-refractivity contribution in [3.05, 3.63) is 65.2 Å². The summed E-state index contributed by atoms with van der Waals surface area (Å²) in [4.78, 5) is 14.6. The lowest BCUT2D eigenvalue weighted by molar-refractivity contribution is 0.0993. The van der Waals surface area contributed by atoms with Crippen molar-refractivity contribution in [1.82, 2.24) is 0 Å². The normalized spacial score (nSPS) is 13.9. The van der Waals surface area contributed by atoms with Gasteiger partial charge in [-0.15, -0.1) is 0 Å². The Kier molecular flexibility index (Phi) is 7.01. The molecule has 0 bridgehead atoms. The molecule has 0 amide bonds. The number of ketones is 1. The number of carbonyl (C=O) groups excluding carboxylic acids is 1. The third kappa shape index (κ3) is 4.93. The van der Waals surface area contributed by atoms with Crippen LogP contribution in [0.2, 0.25) is 0 Å². The SMILES string of the molecule is CC.Cc1ccc(C(=O)Cc2ccc(N3CCOCC3)cc2)cc1. The van der Waals surface area contributed by atoms with Gasteiger partial charge < -0.3 is 9.64 Å². The number of ether oxygens (including phenoxy) is 1. The number of nitrogens with zero attached hydrogens (tertiary/aromatic N) is 1. The van der Waals surface area contributed by atoms with Crippen molar-refractivity contribution < 1.29 is 9.53 Å². The molecule has 0 aliphatic carbocycles. The summed E-state index contributed by atoms with van der Waals surface area (Å²) in [7, 11) is 0. The summed E-state index contributed by atoms with van der Waals surface area (Å²) in [5.41, 5.74) is 4.21. The number of Topliss-reactive ketones (excluding diaryl/α,β-unsaturated/α-hetero) is 1.